The van der Waals surface area contributed by atoms with Crippen molar-refractivity contribution in [2.45, 2.75) is 37.5 Å². The van der Waals surface area contributed by atoms with Crippen molar-refractivity contribution in [2.75, 3.05) is 52.2 Å². The molecule has 1 aliphatic carbocycles. The molecule has 1 saturated heterocycles. The second-order valence-electron chi connectivity index (χ2n) is 8.94. The Balaban J connectivity index is 1.61. The van der Waals surface area contributed by atoms with E-state index in [1.807, 2.05) is 32.3 Å². The van der Waals surface area contributed by atoms with E-state index in [2.05, 4.69) is 22.3 Å². The number of nitrogens with zero attached hydrogens (tertiary/aromatic N) is 4. The lowest BCUT2D eigenvalue weighted by Gasteiger charge is -2.39. The number of hydrogen-bond acceptors (Lipinski definition) is 6. The van der Waals surface area contributed by atoms with E-state index in [0.717, 1.165) is 56.0 Å². The van der Waals surface area contributed by atoms with Crippen LogP contribution in [-0.4, -0.2) is 77.7 Å². The Morgan fingerprint density at radius 3 is 2.58 bits per heavy atom. The second-order valence-corrected chi connectivity index (χ2v) is 8.94. The van der Waals surface area contributed by atoms with Gasteiger partial charge in [-0.1, -0.05) is 30.3 Å². The first-order chi connectivity index (χ1) is 15.0. The van der Waals surface area contributed by atoms with Gasteiger partial charge in [0.15, 0.2) is 5.82 Å². The minimum atomic E-state index is 0.0624. The molecule has 2 aromatic rings. The van der Waals surface area contributed by atoms with Crippen molar-refractivity contribution in [3.8, 4) is 11.4 Å². The SMILES string of the molecule is CN(C)C(=O)CN1CCC2(CCc3c(NCCCO)nc(-c4ccccc4)nc32)CC1. The highest BCUT2D eigenvalue weighted by Crippen LogP contribution is 2.47. The molecule has 1 spiro atoms. The molecule has 0 radical (unpaired) electrons. The van der Waals surface area contributed by atoms with E-state index < -0.39 is 0 Å². The molecule has 7 heteroatoms. The van der Waals surface area contributed by atoms with Crippen molar-refractivity contribution >= 4 is 11.7 Å². The van der Waals surface area contributed by atoms with Crippen LogP contribution in [0.25, 0.3) is 11.4 Å². The number of benzene rings is 1. The summed E-state index contributed by atoms with van der Waals surface area (Å²) in [6.45, 7) is 3.18. The number of amides is 1. The summed E-state index contributed by atoms with van der Waals surface area (Å²) in [5.41, 5.74) is 3.50. The number of aliphatic hydroxyl groups is 1. The van der Waals surface area contributed by atoms with Crippen LogP contribution in [-0.2, 0) is 16.6 Å². The largest absolute Gasteiger partial charge is 0.396 e. The Labute approximate surface area is 184 Å². The van der Waals surface area contributed by atoms with Crippen LogP contribution in [0.1, 0.15) is 36.9 Å². The molecule has 1 aromatic heterocycles. The lowest BCUT2D eigenvalue weighted by Crippen LogP contribution is -2.45. The zero-order chi connectivity index (χ0) is 21.8. The molecule has 7 nitrogen and oxygen atoms in total. The first-order valence-corrected chi connectivity index (χ1v) is 11.3. The zero-order valence-electron chi connectivity index (χ0n) is 18.6. The number of anilines is 1. The van der Waals surface area contributed by atoms with Gasteiger partial charge in [0.2, 0.25) is 5.91 Å². The Morgan fingerprint density at radius 1 is 1.16 bits per heavy atom. The lowest BCUT2D eigenvalue weighted by atomic mass is 9.76. The fourth-order valence-electron chi connectivity index (χ4n) is 4.75. The van der Waals surface area contributed by atoms with Crippen LogP contribution in [0.2, 0.25) is 0 Å². The smallest absolute Gasteiger partial charge is 0.236 e. The Morgan fingerprint density at radius 2 is 1.90 bits per heavy atom. The number of carbonyl (C=O) groups excluding carboxylic acids is 1. The van der Waals surface area contributed by atoms with Crippen LogP contribution in [0, 0.1) is 0 Å². The molecule has 4 rings (SSSR count). The predicted octanol–water partition coefficient (Wildman–Crippen LogP) is 2.31. The number of fused-ring (bicyclic) bond motifs is 2. The van der Waals surface area contributed by atoms with Crippen molar-refractivity contribution in [2.24, 2.45) is 0 Å². The Hall–Kier alpha value is -2.51. The predicted molar refractivity (Wildman–Crippen MR) is 122 cm³/mol. The number of carbonyl (C=O) groups is 1. The van der Waals surface area contributed by atoms with Crippen molar-refractivity contribution < 1.29 is 9.90 Å². The summed E-state index contributed by atoms with van der Waals surface area (Å²) in [4.78, 5) is 26.0. The van der Waals surface area contributed by atoms with E-state index in [0.29, 0.717) is 19.5 Å². The standard InChI is InChI=1S/C24H33N5O2/c1-28(2)20(31)17-29-14-11-24(12-15-29)10-9-19-21(24)26-22(18-7-4-3-5-8-18)27-23(19)25-13-6-16-30/h3-5,7-8,30H,6,9-17H2,1-2H3,(H,25,26,27). The van der Waals surface area contributed by atoms with Crippen LogP contribution in [0.5, 0.6) is 0 Å². The number of rotatable bonds is 7. The van der Waals surface area contributed by atoms with Crippen molar-refractivity contribution in [3.05, 3.63) is 41.6 Å². The third kappa shape index (κ3) is 4.57. The van der Waals surface area contributed by atoms with Crippen LogP contribution >= 0.6 is 0 Å². The summed E-state index contributed by atoms with van der Waals surface area (Å²) in [7, 11) is 3.63. The number of aromatic nitrogens is 2. The topological polar surface area (TPSA) is 81.6 Å². The minimum Gasteiger partial charge on any atom is -0.396 e. The van der Waals surface area contributed by atoms with Gasteiger partial charge in [-0.25, -0.2) is 9.97 Å². The van der Waals surface area contributed by atoms with Crippen LogP contribution < -0.4 is 5.32 Å². The molecule has 1 aliphatic heterocycles. The number of nitrogens with one attached hydrogen (secondary N) is 1. The third-order valence-electron chi connectivity index (χ3n) is 6.69. The molecule has 1 aromatic carbocycles. The second kappa shape index (κ2) is 9.32. The molecule has 2 N–H and O–H groups in total. The molecule has 2 heterocycles. The normalized spacial score (nSPS) is 17.5. The van der Waals surface area contributed by atoms with Gasteiger partial charge in [0.05, 0.1) is 12.2 Å². The highest BCUT2D eigenvalue weighted by molar-refractivity contribution is 5.77. The monoisotopic (exact) mass is 423 g/mol. The van der Waals surface area contributed by atoms with Crippen molar-refractivity contribution in [1.82, 2.24) is 19.8 Å². The van der Waals surface area contributed by atoms with Crippen molar-refractivity contribution in [1.29, 1.82) is 0 Å². The quantitative estimate of drug-likeness (QED) is 0.665. The van der Waals surface area contributed by atoms with Gasteiger partial charge >= 0.3 is 0 Å². The molecule has 2 aliphatic rings. The van der Waals surface area contributed by atoms with Crippen LogP contribution in [0.4, 0.5) is 5.82 Å². The molecule has 0 bridgehead atoms. The highest BCUT2D eigenvalue weighted by atomic mass is 16.3. The van der Waals surface area contributed by atoms with Gasteiger partial charge < -0.3 is 15.3 Å². The average molecular weight is 424 g/mol. The number of piperidine rings is 1. The summed E-state index contributed by atoms with van der Waals surface area (Å²) in [5, 5.41) is 12.6. The van der Waals surface area contributed by atoms with E-state index in [4.69, 9.17) is 9.97 Å². The van der Waals surface area contributed by atoms with Gasteiger partial charge in [0.25, 0.3) is 0 Å². The summed E-state index contributed by atoms with van der Waals surface area (Å²) in [6, 6.07) is 10.1. The number of hydrogen-bond donors (Lipinski definition) is 2. The lowest BCUT2D eigenvalue weighted by molar-refractivity contribution is -0.130. The number of likely N-dealkylation sites (tertiary alicyclic amines) is 1. The van der Waals surface area contributed by atoms with Gasteiger partial charge in [0, 0.05) is 43.8 Å². The maximum atomic E-state index is 12.1. The maximum absolute atomic E-state index is 12.1. The molecule has 0 saturated carbocycles. The van der Waals surface area contributed by atoms with E-state index in [1.165, 1.54) is 11.3 Å². The molecule has 1 fully saturated rings. The maximum Gasteiger partial charge on any atom is 0.236 e. The summed E-state index contributed by atoms with van der Waals surface area (Å²) in [6.07, 6.45) is 4.78. The van der Waals surface area contributed by atoms with E-state index in [1.54, 1.807) is 4.90 Å². The molecule has 166 valence electrons. The number of aliphatic hydroxyl groups excluding tert-OH is 1. The van der Waals surface area contributed by atoms with E-state index >= 15 is 0 Å². The van der Waals surface area contributed by atoms with Gasteiger partial charge in [-0.3, -0.25) is 9.69 Å². The van der Waals surface area contributed by atoms with E-state index in [-0.39, 0.29) is 17.9 Å². The molecule has 31 heavy (non-hydrogen) atoms. The molecule has 0 atom stereocenters. The van der Waals surface area contributed by atoms with Gasteiger partial charge in [-0.2, -0.15) is 0 Å². The fourth-order valence-corrected chi connectivity index (χ4v) is 4.75. The van der Waals surface area contributed by atoms with Crippen molar-refractivity contribution in [3.63, 3.8) is 0 Å². The molecule has 0 unspecified atom stereocenters. The van der Waals surface area contributed by atoms with Gasteiger partial charge in [-0.15, -0.1) is 0 Å². The fraction of sp³-hybridized carbons (Fsp3) is 0.542. The third-order valence-corrected chi connectivity index (χ3v) is 6.69. The van der Waals surface area contributed by atoms with Crippen LogP contribution in [0.3, 0.4) is 0 Å². The van der Waals surface area contributed by atoms with Crippen LogP contribution in [0.15, 0.2) is 30.3 Å². The first-order valence-electron chi connectivity index (χ1n) is 11.3. The minimum absolute atomic E-state index is 0.0624. The molecule has 1 amide bonds. The highest BCUT2D eigenvalue weighted by Gasteiger charge is 2.44. The molecular formula is C24H33N5O2. The van der Waals surface area contributed by atoms with E-state index in [9.17, 15) is 9.90 Å². The zero-order valence-corrected chi connectivity index (χ0v) is 18.6. The van der Waals surface area contributed by atoms with Gasteiger partial charge in [-0.05, 0) is 45.2 Å². The Kier molecular flexibility index (Phi) is 6.53. The van der Waals surface area contributed by atoms with Gasteiger partial charge in [0.1, 0.15) is 5.82 Å². The summed E-state index contributed by atoms with van der Waals surface area (Å²) in [5.74, 6) is 1.84. The molecular weight excluding hydrogens is 390 g/mol. The number of likely N-dealkylation sites (N-methyl/N-ethyl adjacent to an activating group) is 1. The average Bonchev–Trinajstić information content (AvgIpc) is 3.14. The first kappa shape index (κ1) is 21.7. The summed E-state index contributed by atoms with van der Waals surface area (Å²) < 4.78 is 0. The Bertz CT molecular complexity index is 908. The summed E-state index contributed by atoms with van der Waals surface area (Å²) >= 11 is 0.